The Kier molecular flexibility index (Phi) is 6.91. The molecule has 0 aromatic heterocycles. The third kappa shape index (κ3) is 5.08. The first kappa shape index (κ1) is 21.2. The van der Waals surface area contributed by atoms with Crippen LogP contribution in [0, 0.1) is 12.7 Å². The summed E-state index contributed by atoms with van der Waals surface area (Å²) < 4.78 is 25.7. The van der Waals surface area contributed by atoms with Gasteiger partial charge in [-0.1, -0.05) is 30.3 Å². The predicted molar refractivity (Wildman–Crippen MR) is 114 cm³/mol. The highest BCUT2D eigenvalue weighted by Crippen LogP contribution is 2.33. The monoisotopic (exact) mass is 409 g/mol. The van der Waals surface area contributed by atoms with Crippen molar-refractivity contribution >= 4 is 11.7 Å². The largest absolute Gasteiger partial charge is 0.490 e. The van der Waals surface area contributed by atoms with Gasteiger partial charge in [0.25, 0.3) is 0 Å². The van der Waals surface area contributed by atoms with Crippen LogP contribution in [0.2, 0.25) is 0 Å². The molecule has 0 amide bonds. The van der Waals surface area contributed by atoms with Crippen molar-refractivity contribution in [2.45, 2.75) is 27.0 Å². The first-order valence-electron chi connectivity index (χ1n) is 9.68. The third-order valence-corrected chi connectivity index (χ3v) is 4.63. The molecule has 5 nitrogen and oxygen atoms in total. The molecule has 0 aliphatic heterocycles. The van der Waals surface area contributed by atoms with E-state index in [0.29, 0.717) is 30.2 Å². The van der Waals surface area contributed by atoms with Crippen LogP contribution in [0.4, 0.5) is 10.1 Å². The van der Waals surface area contributed by atoms with Gasteiger partial charge in [0.05, 0.1) is 12.2 Å². The number of anilines is 1. The second-order valence-corrected chi connectivity index (χ2v) is 6.75. The van der Waals surface area contributed by atoms with Crippen molar-refractivity contribution in [3.63, 3.8) is 0 Å². The average molecular weight is 409 g/mol. The summed E-state index contributed by atoms with van der Waals surface area (Å²) in [6, 6.07) is 17.0. The average Bonchev–Trinajstić information content (AvgIpc) is 2.73. The Balaban J connectivity index is 1.81. The van der Waals surface area contributed by atoms with E-state index >= 15 is 0 Å². The molecule has 2 N–H and O–H groups in total. The van der Waals surface area contributed by atoms with Crippen LogP contribution >= 0.6 is 0 Å². The summed E-state index contributed by atoms with van der Waals surface area (Å²) in [5.41, 5.74) is 3.19. The van der Waals surface area contributed by atoms with Gasteiger partial charge < -0.3 is 19.9 Å². The third-order valence-electron chi connectivity index (χ3n) is 4.63. The molecule has 156 valence electrons. The van der Waals surface area contributed by atoms with Gasteiger partial charge in [-0.3, -0.25) is 0 Å². The number of hydrogen-bond acceptors (Lipinski definition) is 4. The van der Waals surface area contributed by atoms with Crippen molar-refractivity contribution in [1.29, 1.82) is 0 Å². The highest BCUT2D eigenvalue weighted by atomic mass is 19.1. The lowest BCUT2D eigenvalue weighted by molar-refractivity contribution is 0.0697. The van der Waals surface area contributed by atoms with Crippen LogP contribution in [0.25, 0.3) is 0 Å². The molecule has 0 unspecified atom stereocenters. The van der Waals surface area contributed by atoms with Crippen molar-refractivity contribution in [2.24, 2.45) is 0 Å². The molecule has 0 spiro atoms. The lowest BCUT2D eigenvalue weighted by Crippen LogP contribution is -2.07. The number of carbonyl (C=O) groups is 1. The van der Waals surface area contributed by atoms with Gasteiger partial charge >= 0.3 is 5.97 Å². The van der Waals surface area contributed by atoms with Crippen LogP contribution in [0.5, 0.6) is 11.5 Å². The molecule has 0 saturated heterocycles. The smallest absolute Gasteiger partial charge is 0.335 e. The standard InChI is InChI=1S/C24H24FNO4/c1-3-29-22-10-6-8-18(23(22)30-15-19-7-4-5-9-20(19)25)14-26-21-12-11-17(24(27)28)13-16(21)2/h4-13,26H,3,14-15H2,1-2H3,(H,27,28). The number of nitrogens with one attached hydrogen (secondary N) is 1. The maximum Gasteiger partial charge on any atom is 0.335 e. The number of ether oxygens (including phenoxy) is 2. The van der Waals surface area contributed by atoms with Crippen LogP contribution in [0.15, 0.2) is 60.7 Å². The van der Waals surface area contributed by atoms with E-state index in [-0.39, 0.29) is 18.0 Å². The fourth-order valence-corrected chi connectivity index (χ4v) is 3.08. The van der Waals surface area contributed by atoms with Crippen LogP contribution < -0.4 is 14.8 Å². The summed E-state index contributed by atoms with van der Waals surface area (Å²) in [6.45, 7) is 4.72. The minimum Gasteiger partial charge on any atom is -0.490 e. The zero-order chi connectivity index (χ0) is 21.5. The van der Waals surface area contributed by atoms with Gasteiger partial charge in [-0.15, -0.1) is 0 Å². The quantitative estimate of drug-likeness (QED) is 0.494. The van der Waals surface area contributed by atoms with Crippen LogP contribution in [-0.2, 0) is 13.2 Å². The van der Waals surface area contributed by atoms with Gasteiger partial charge in [-0.05, 0) is 49.7 Å². The van der Waals surface area contributed by atoms with Crippen LogP contribution in [-0.4, -0.2) is 17.7 Å². The van der Waals surface area contributed by atoms with Crippen molar-refractivity contribution in [3.8, 4) is 11.5 Å². The number of para-hydroxylation sites is 1. The number of carboxylic acids is 1. The van der Waals surface area contributed by atoms with E-state index in [1.54, 1.807) is 36.4 Å². The fraction of sp³-hybridized carbons (Fsp3) is 0.208. The molecule has 0 bridgehead atoms. The Morgan fingerprint density at radius 2 is 1.80 bits per heavy atom. The summed E-state index contributed by atoms with van der Waals surface area (Å²) in [7, 11) is 0. The molecule has 0 radical (unpaired) electrons. The Bertz CT molecular complexity index is 1040. The van der Waals surface area contributed by atoms with E-state index in [1.807, 2.05) is 32.0 Å². The summed E-state index contributed by atoms with van der Waals surface area (Å²) in [5, 5.41) is 12.4. The van der Waals surface area contributed by atoms with E-state index in [0.717, 1.165) is 16.8 Å². The Morgan fingerprint density at radius 1 is 1.03 bits per heavy atom. The highest BCUT2D eigenvalue weighted by Gasteiger charge is 2.13. The molecule has 0 fully saturated rings. The maximum absolute atomic E-state index is 14.0. The first-order valence-corrected chi connectivity index (χ1v) is 9.68. The molecule has 3 rings (SSSR count). The molecule has 0 aliphatic rings. The minimum absolute atomic E-state index is 0.0795. The van der Waals surface area contributed by atoms with Gasteiger partial charge in [0.15, 0.2) is 11.5 Å². The zero-order valence-electron chi connectivity index (χ0n) is 16.9. The fourth-order valence-electron chi connectivity index (χ4n) is 3.08. The van der Waals surface area contributed by atoms with Gasteiger partial charge in [-0.25, -0.2) is 9.18 Å². The summed E-state index contributed by atoms with van der Waals surface area (Å²) in [6.07, 6.45) is 0. The molecule has 6 heteroatoms. The minimum atomic E-state index is -0.960. The number of aromatic carboxylic acids is 1. The predicted octanol–water partition coefficient (Wildman–Crippen LogP) is 5.42. The van der Waals surface area contributed by atoms with Crippen molar-refractivity contribution in [3.05, 3.63) is 88.7 Å². The second kappa shape index (κ2) is 9.78. The van der Waals surface area contributed by atoms with E-state index < -0.39 is 5.97 Å². The lowest BCUT2D eigenvalue weighted by Gasteiger charge is -2.17. The topological polar surface area (TPSA) is 67.8 Å². The lowest BCUT2D eigenvalue weighted by atomic mass is 10.1. The SMILES string of the molecule is CCOc1cccc(CNc2ccc(C(=O)O)cc2C)c1OCc1ccccc1F. The number of carboxylic acid groups (broad SMARTS) is 1. The number of benzene rings is 3. The van der Waals surface area contributed by atoms with Crippen LogP contribution in [0.1, 0.15) is 34.0 Å². The van der Waals surface area contributed by atoms with E-state index in [4.69, 9.17) is 14.6 Å². The number of halogens is 1. The molecule has 0 atom stereocenters. The van der Waals surface area contributed by atoms with E-state index in [1.165, 1.54) is 6.07 Å². The normalized spacial score (nSPS) is 10.5. The van der Waals surface area contributed by atoms with Crippen molar-refractivity contribution in [2.75, 3.05) is 11.9 Å². The van der Waals surface area contributed by atoms with Crippen LogP contribution in [0.3, 0.4) is 0 Å². The molecule has 0 heterocycles. The molecule has 30 heavy (non-hydrogen) atoms. The molecular formula is C24H24FNO4. The Labute approximate surface area is 175 Å². The molecular weight excluding hydrogens is 385 g/mol. The summed E-state index contributed by atoms with van der Waals surface area (Å²) in [4.78, 5) is 11.1. The number of rotatable bonds is 9. The Morgan fingerprint density at radius 3 is 2.50 bits per heavy atom. The number of hydrogen-bond donors (Lipinski definition) is 2. The van der Waals surface area contributed by atoms with Crippen molar-refractivity contribution in [1.82, 2.24) is 0 Å². The molecule has 0 aliphatic carbocycles. The molecule has 3 aromatic rings. The summed E-state index contributed by atoms with van der Waals surface area (Å²) >= 11 is 0. The van der Waals surface area contributed by atoms with Crippen molar-refractivity contribution < 1.29 is 23.8 Å². The van der Waals surface area contributed by atoms with Gasteiger partial charge in [0.1, 0.15) is 12.4 Å². The molecule has 3 aromatic carbocycles. The van der Waals surface area contributed by atoms with Gasteiger partial charge in [-0.2, -0.15) is 0 Å². The number of aryl methyl sites for hydroxylation is 1. The second-order valence-electron chi connectivity index (χ2n) is 6.75. The van der Waals surface area contributed by atoms with Gasteiger partial charge in [0.2, 0.25) is 0 Å². The van der Waals surface area contributed by atoms with Gasteiger partial charge in [0, 0.05) is 23.4 Å². The zero-order valence-corrected chi connectivity index (χ0v) is 16.9. The summed E-state index contributed by atoms with van der Waals surface area (Å²) in [5.74, 6) is -0.140. The Hall–Kier alpha value is -3.54. The molecule has 0 saturated carbocycles. The van der Waals surface area contributed by atoms with E-state index in [2.05, 4.69) is 5.32 Å². The highest BCUT2D eigenvalue weighted by molar-refractivity contribution is 5.88. The van der Waals surface area contributed by atoms with E-state index in [9.17, 15) is 9.18 Å². The maximum atomic E-state index is 14.0. The first-order chi connectivity index (χ1) is 14.5.